The number of aliphatic hydroxyl groups is 1. The van der Waals surface area contributed by atoms with Crippen molar-refractivity contribution < 1.29 is 9.50 Å². The van der Waals surface area contributed by atoms with E-state index in [1.807, 2.05) is 18.0 Å². The maximum absolute atomic E-state index is 13.0. The first-order valence-corrected chi connectivity index (χ1v) is 5.58. The molecule has 4 heteroatoms. The van der Waals surface area contributed by atoms with Crippen LogP contribution in [0.1, 0.15) is 12.5 Å². The fraction of sp³-hybridized carbons (Fsp3) is 0.455. The molecule has 0 aliphatic heterocycles. The molecule has 1 atom stereocenters. The Morgan fingerprint density at radius 3 is 2.67 bits per heavy atom. The molecule has 1 rings (SSSR count). The van der Waals surface area contributed by atoms with Gasteiger partial charge in [-0.15, -0.1) is 0 Å². The van der Waals surface area contributed by atoms with Crippen LogP contribution in [0.5, 0.6) is 0 Å². The first kappa shape index (κ1) is 12.6. The van der Waals surface area contributed by atoms with E-state index in [4.69, 9.17) is 0 Å². The van der Waals surface area contributed by atoms with Crippen LogP contribution in [0.25, 0.3) is 0 Å². The normalized spacial score (nSPS) is 13.2. The molecule has 0 aliphatic rings. The number of benzene rings is 1. The van der Waals surface area contributed by atoms with Crippen molar-refractivity contribution in [3.05, 3.63) is 34.1 Å². The van der Waals surface area contributed by atoms with Crippen LogP contribution in [0.15, 0.2) is 22.7 Å². The maximum Gasteiger partial charge on any atom is 0.124 e. The second-order valence-electron chi connectivity index (χ2n) is 3.82. The molecule has 0 aliphatic carbocycles. The molecular weight excluding hydrogens is 261 g/mol. The van der Waals surface area contributed by atoms with Crippen molar-refractivity contribution in [2.75, 3.05) is 13.6 Å². The van der Waals surface area contributed by atoms with Gasteiger partial charge in [0.2, 0.25) is 0 Å². The van der Waals surface area contributed by atoms with Crippen LogP contribution in [0.3, 0.4) is 0 Å². The van der Waals surface area contributed by atoms with Gasteiger partial charge in [0.25, 0.3) is 0 Å². The lowest BCUT2D eigenvalue weighted by atomic mass is 10.2. The highest BCUT2D eigenvalue weighted by atomic mass is 79.9. The lowest BCUT2D eigenvalue weighted by molar-refractivity contribution is 0.138. The molecule has 0 saturated carbocycles. The largest absolute Gasteiger partial charge is 0.392 e. The molecule has 0 fully saturated rings. The quantitative estimate of drug-likeness (QED) is 0.912. The van der Waals surface area contributed by atoms with Crippen LogP contribution in [-0.4, -0.2) is 29.7 Å². The Hall–Kier alpha value is -0.450. The molecule has 1 aromatic carbocycles. The second-order valence-corrected chi connectivity index (χ2v) is 4.74. The van der Waals surface area contributed by atoms with Gasteiger partial charge in [0.1, 0.15) is 5.82 Å². The zero-order valence-corrected chi connectivity index (χ0v) is 10.5. The molecule has 1 aromatic rings. The minimum Gasteiger partial charge on any atom is -0.392 e. The van der Waals surface area contributed by atoms with Crippen molar-refractivity contribution in [3.63, 3.8) is 0 Å². The third-order valence-electron chi connectivity index (χ3n) is 1.95. The Labute approximate surface area is 97.8 Å². The number of rotatable bonds is 4. The predicted molar refractivity (Wildman–Crippen MR) is 62.1 cm³/mol. The molecule has 0 heterocycles. The Morgan fingerprint density at radius 2 is 2.13 bits per heavy atom. The molecule has 15 heavy (non-hydrogen) atoms. The number of halogens is 2. The van der Waals surface area contributed by atoms with Gasteiger partial charge in [-0.25, -0.2) is 4.39 Å². The predicted octanol–water partition coefficient (Wildman–Crippen LogP) is 2.40. The minimum absolute atomic E-state index is 0.246. The van der Waals surface area contributed by atoms with Gasteiger partial charge in [0.05, 0.1) is 6.10 Å². The third kappa shape index (κ3) is 4.73. The van der Waals surface area contributed by atoms with Crippen molar-refractivity contribution in [1.82, 2.24) is 4.90 Å². The highest BCUT2D eigenvalue weighted by Gasteiger charge is 2.05. The number of hydrogen-bond donors (Lipinski definition) is 1. The van der Waals surface area contributed by atoms with E-state index in [0.717, 1.165) is 10.0 Å². The first-order valence-electron chi connectivity index (χ1n) is 4.79. The summed E-state index contributed by atoms with van der Waals surface area (Å²) < 4.78 is 13.8. The highest BCUT2D eigenvalue weighted by Crippen LogP contribution is 2.16. The summed E-state index contributed by atoms with van der Waals surface area (Å²) in [6.07, 6.45) is -0.369. The van der Waals surface area contributed by atoms with Gasteiger partial charge >= 0.3 is 0 Å². The van der Waals surface area contributed by atoms with Crippen molar-refractivity contribution in [3.8, 4) is 0 Å². The fourth-order valence-corrected chi connectivity index (χ4v) is 2.04. The molecule has 0 amide bonds. The van der Waals surface area contributed by atoms with Crippen LogP contribution in [0.4, 0.5) is 4.39 Å². The van der Waals surface area contributed by atoms with Crippen molar-refractivity contribution in [1.29, 1.82) is 0 Å². The number of nitrogens with zero attached hydrogens (tertiary/aromatic N) is 1. The first-order chi connectivity index (χ1) is 6.97. The zero-order valence-electron chi connectivity index (χ0n) is 8.87. The molecular formula is C11H15BrFNO. The standard InChI is InChI=1S/C11H15BrFNO/c1-8(15)6-14(2)7-9-3-10(12)5-11(13)4-9/h3-5,8,15H,6-7H2,1-2H3. The summed E-state index contributed by atoms with van der Waals surface area (Å²) in [6.45, 7) is 2.94. The van der Waals surface area contributed by atoms with E-state index >= 15 is 0 Å². The van der Waals surface area contributed by atoms with Gasteiger partial charge in [0.15, 0.2) is 0 Å². The van der Waals surface area contributed by atoms with Gasteiger partial charge in [-0.2, -0.15) is 0 Å². The summed E-state index contributed by atoms with van der Waals surface area (Å²) in [5, 5.41) is 9.18. The molecule has 0 aromatic heterocycles. The second kappa shape index (κ2) is 5.58. The van der Waals surface area contributed by atoms with Crippen LogP contribution in [-0.2, 0) is 6.54 Å². The van der Waals surface area contributed by atoms with Crippen LogP contribution in [0.2, 0.25) is 0 Å². The molecule has 0 bridgehead atoms. The van der Waals surface area contributed by atoms with Gasteiger partial charge in [-0.05, 0) is 37.7 Å². The SMILES string of the molecule is CC(O)CN(C)Cc1cc(F)cc(Br)c1. The monoisotopic (exact) mass is 275 g/mol. The number of aliphatic hydroxyl groups excluding tert-OH is 1. The summed E-state index contributed by atoms with van der Waals surface area (Å²) in [5.74, 6) is -0.246. The lowest BCUT2D eigenvalue weighted by Gasteiger charge is -2.18. The molecule has 2 nitrogen and oxygen atoms in total. The van der Waals surface area contributed by atoms with Crippen molar-refractivity contribution in [2.24, 2.45) is 0 Å². The van der Waals surface area contributed by atoms with E-state index in [2.05, 4.69) is 15.9 Å². The maximum atomic E-state index is 13.0. The average molecular weight is 276 g/mol. The smallest absolute Gasteiger partial charge is 0.124 e. The fourth-order valence-electron chi connectivity index (χ4n) is 1.53. The van der Waals surface area contributed by atoms with Crippen molar-refractivity contribution in [2.45, 2.75) is 19.6 Å². The summed E-state index contributed by atoms with van der Waals surface area (Å²) in [6, 6.07) is 4.81. The summed E-state index contributed by atoms with van der Waals surface area (Å²) in [7, 11) is 1.89. The number of hydrogen-bond acceptors (Lipinski definition) is 2. The van der Waals surface area contributed by atoms with Crippen LogP contribution >= 0.6 is 15.9 Å². The summed E-state index contributed by atoms with van der Waals surface area (Å²) >= 11 is 3.25. The van der Waals surface area contributed by atoms with E-state index < -0.39 is 0 Å². The Bertz CT molecular complexity index is 310. The van der Waals surface area contributed by atoms with E-state index in [0.29, 0.717) is 13.1 Å². The Kier molecular flexibility index (Phi) is 4.70. The van der Waals surface area contributed by atoms with Gasteiger partial charge in [-0.1, -0.05) is 15.9 Å². The lowest BCUT2D eigenvalue weighted by Crippen LogP contribution is -2.26. The Morgan fingerprint density at radius 1 is 1.47 bits per heavy atom. The van der Waals surface area contributed by atoms with Crippen LogP contribution < -0.4 is 0 Å². The molecule has 0 radical (unpaired) electrons. The van der Waals surface area contributed by atoms with Gasteiger partial charge < -0.3 is 5.11 Å². The summed E-state index contributed by atoms with van der Waals surface area (Å²) in [5.41, 5.74) is 0.894. The molecule has 1 unspecified atom stereocenters. The average Bonchev–Trinajstić information content (AvgIpc) is 1.98. The molecule has 0 spiro atoms. The van der Waals surface area contributed by atoms with E-state index in [1.165, 1.54) is 12.1 Å². The van der Waals surface area contributed by atoms with E-state index in [-0.39, 0.29) is 11.9 Å². The minimum atomic E-state index is -0.369. The molecule has 1 N–H and O–H groups in total. The summed E-state index contributed by atoms with van der Waals surface area (Å²) in [4.78, 5) is 1.95. The van der Waals surface area contributed by atoms with Crippen LogP contribution in [0, 0.1) is 5.82 Å². The van der Waals surface area contributed by atoms with Gasteiger partial charge in [-0.3, -0.25) is 4.90 Å². The van der Waals surface area contributed by atoms with E-state index in [9.17, 15) is 9.50 Å². The Balaban J connectivity index is 2.63. The number of likely N-dealkylation sites (N-methyl/N-ethyl adjacent to an activating group) is 1. The van der Waals surface area contributed by atoms with Gasteiger partial charge in [0, 0.05) is 17.6 Å². The topological polar surface area (TPSA) is 23.5 Å². The molecule has 0 saturated heterocycles. The zero-order chi connectivity index (χ0) is 11.4. The van der Waals surface area contributed by atoms with E-state index in [1.54, 1.807) is 6.92 Å². The highest BCUT2D eigenvalue weighted by molar-refractivity contribution is 9.10. The molecule has 84 valence electrons. The third-order valence-corrected chi connectivity index (χ3v) is 2.41. The van der Waals surface area contributed by atoms with Crippen molar-refractivity contribution >= 4 is 15.9 Å².